The van der Waals surface area contributed by atoms with Gasteiger partial charge in [-0.3, -0.25) is 4.31 Å². The van der Waals surface area contributed by atoms with E-state index >= 15 is 0 Å². The van der Waals surface area contributed by atoms with Crippen LogP contribution in [-0.2, 0) is 16.4 Å². The molecule has 0 unspecified atom stereocenters. The van der Waals surface area contributed by atoms with Gasteiger partial charge in [0.05, 0.1) is 23.1 Å². The molecule has 0 aliphatic rings. The predicted octanol–water partition coefficient (Wildman–Crippen LogP) is 2.28. The van der Waals surface area contributed by atoms with E-state index < -0.39 is 10.0 Å². The molecular weight excluding hydrogens is 288 g/mol. The number of rotatable bonds is 4. The van der Waals surface area contributed by atoms with Gasteiger partial charge in [-0.15, -0.1) is 0 Å². The van der Waals surface area contributed by atoms with E-state index in [-0.39, 0.29) is 17.1 Å². The molecule has 0 saturated heterocycles. The van der Waals surface area contributed by atoms with Gasteiger partial charge in [-0.05, 0) is 29.8 Å². The minimum atomic E-state index is -3.70. The highest BCUT2D eigenvalue weighted by molar-refractivity contribution is 7.92. The molecule has 5 nitrogen and oxygen atoms in total. The molecule has 0 radical (unpaired) electrons. The van der Waals surface area contributed by atoms with Crippen LogP contribution in [0.2, 0.25) is 0 Å². The zero-order valence-electron chi connectivity index (χ0n) is 11.4. The first-order valence-electron chi connectivity index (χ1n) is 6.19. The maximum absolute atomic E-state index is 12.5. The highest BCUT2D eigenvalue weighted by Crippen LogP contribution is 2.25. The number of aromatic hydroxyl groups is 1. The second-order valence-electron chi connectivity index (χ2n) is 4.47. The van der Waals surface area contributed by atoms with Crippen molar-refractivity contribution >= 4 is 15.7 Å². The van der Waals surface area contributed by atoms with E-state index in [1.54, 1.807) is 24.3 Å². The van der Waals surface area contributed by atoms with Gasteiger partial charge in [-0.2, -0.15) is 5.26 Å². The molecule has 2 aromatic carbocycles. The number of benzene rings is 2. The van der Waals surface area contributed by atoms with E-state index in [2.05, 4.69) is 0 Å². The largest absolute Gasteiger partial charge is 0.508 e. The summed E-state index contributed by atoms with van der Waals surface area (Å²) in [6.07, 6.45) is 0.239. The molecule has 0 heterocycles. The second kappa shape index (κ2) is 5.85. The highest BCUT2D eigenvalue weighted by Gasteiger charge is 2.21. The van der Waals surface area contributed by atoms with Crippen molar-refractivity contribution in [1.82, 2.24) is 0 Å². The molecule has 0 fully saturated rings. The maximum Gasteiger partial charge on any atom is 0.264 e. The Morgan fingerprint density at radius 2 is 1.86 bits per heavy atom. The van der Waals surface area contributed by atoms with E-state index in [1.165, 1.54) is 31.3 Å². The van der Waals surface area contributed by atoms with Gasteiger partial charge in [0.25, 0.3) is 10.0 Å². The summed E-state index contributed by atoms with van der Waals surface area (Å²) < 4.78 is 26.1. The minimum Gasteiger partial charge on any atom is -0.508 e. The van der Waals surface area contributed by atoms with Gasteiger partial charge in [-0.25, -0.2) is 8.42 Å². The smallest absolute Gasteiger partial charge is 0.264 e. The molecule has 0 spiro atoms. The number of anilines is 1. The Balaban J connectivity index is 2.35. The van der Waals surface area contributed by atoms with Gasteiger partial charge in [0.1, 0.15) is 5.75 Å². The van der Waals surface area contributed by atoms with Crippen LogP contribution in [0.1, 0.15) is 5.56 Å². The van der Waals surface area contributed by atoms with Gasteiger partial charge < -0.3 is 5.11 Å². The van der Waals surface area contributed by atoms with Crippen LogP contribution in [0.5, 0.6) is 5.75 Å². The van der Waals surface area contributed by atoms with Crippen LogP contribution in [-0.4, -0.2) is 20.6 Å². The number of nitriles is 1. The monoisotopic (exact) mass is 302 g/mol. The number of phenols is 1. The molecule has 1 N–H and O–H groups in total. The summed E-state index contributed by atoms with van der Waals surface area (Å²) in [6.45, 7) is 0. The van der Waals surface area contributed by atoms with Crippen molar-refractivity contribution < 1.29 is 13.5 Å². The molecule has 0 aliphatic carbocycles. The van der Waals surface area contributed by atoms with E-state index in [4.69, 9.17) is 5.26 Å². The van der Waals surface area contributed by atoms with Crippen molar-refractivity contribution in [1.29, 1.82) is 5.26 Å². The van der Waals surface area contributed by atoms with Gasteiger partial charge in [0.15, 0.2) is 0 Å². The Labute approximate surface area is 123 Å². The SMILES string of the molecule is CN(c1cccc(O)c1)S(=O)(=O)c1ccc(CC#N)cc1. The van der Waals surface area contributed by atoms with Crippen LogP contribution < -0.4 is 4.31 Å². The third-order valence-corrected chi connectivity index (χ3v) is 4.86. The third-order valence-electron chi connectivity index (χ3n) is 3.06. The minimum absolute atomic E-state index is 0.00100. The van der Waals surface area contributed by atoms with Crippen LogP contribution in [0.15, 0.2) is 53.4 Å². The fourth-order valence-corrected chi connectivity index (χ4v) is 3.04. The third kappa shape index (κ3) is 3.15. The molecule has 0 saturated carbocycles. The molecular formula is C15H14N2O3S. The standard InChI is InChI=1S/C15H14N2O3S/c1-17(13-3-2-4-14(18)11-13)21(19,20)15-7-5-12(6-8-15)9-10-16/h2-8,11,18H,9H2,1H3. The molecule has 21 heavy (non-hydrogen) atoms. The molecule has 108 valence electrons. The molecule has 2 aromatic rings. The fraction of sp³-hybridized carbons (Fsp3) is 0.133. The van der Waals surface area contributed by atoms with Gasteiger partial charge in [0, 0.05) is 13.1 Å². The Morgan fingerprint density at radius 3 is 2.43 bits per heavy atom. The number of hydrogen-bond donors (Lipinski definition) is 1. The number of nitrogens with zero attached hydrogens (tertiary/aromatic N) is 2. The summed E-state index contributed by atoms with van der Waals surface area (Å²) in [5.41, 5.74) is 1.13. The first kappa shape index (κ1) is 14.9. The predicted molar refractivity (Wildman–Crippen MR) is 79.5 cm³/mol. The van der Waals surface area contributed by atoms with Crippen molar-refractivity contribution in [2.45, 2.75) is 11.3 Å². The van der Waals surface area contributed by atoms with Gasteiger partial charge in [0.2, 0.25) is 0 Å². The van der Waals surface area contributed by atoms with Crippen molar-refractivity contribution in [3.8, 4) is 11.8 Å². The summed E-state index contributed by atoms with van der Waals surface area (Å²) >= 11 is 0. The molecule has 2 rings (SSSR count). The Morgan fingerprint density at radius 1 is 1.19 bits per heavy atom. The van der Waals surface area contributed by atoms with E-state index in [0.717, 1.165) is 9.87 Å². The molecule has 0 aromatic heterocycles. The Bertz CT molecular complexity index is 777. The summed E-state index contributed by atoms with van der Waals surface area (Å²) in [6, 6.07) is 14.2. The summed E-state index contributed by atoms with van der Waals surface area (Å²) in [4.78, 5) is 0.134. The van der Waals surface area contributed by atoms with Crippen LogP contribution >= 0.6 is 0 Å². The Kier molecular flexibility index (Phi) is 4.15. The summed E-state index contributed by atoms with van der Waals surface area (Å²) in [5, 5.41) is 18.1. The highest BCUT2D eigenvalue weighted by atomic mass is 32.2. The van der Waals surface area contributed by atoms with Gasteiger partial charge >= 0.3 is 0 Å². The first-order valence-corrected chi connectivity index (χ1v) is 7.63. The first-order chi connectivity index (χ1) is 9.95. The summed E-state index contributed by atoms with van der Waals surface area (Å²) in [5.74, 6) is -0.00100. The van der Waals surface area contributed by atoms with E-state index in [1.807, 2.05) is 6.07 Å². The number of phenolic OH excluding ortho intramolecular Hbond substituents is 1. The zero-order chi connectivity index (χ0) is 15.5. The van der Waals surface area contributed by atoms with Crippen LogP contribution in [0.25, 0.3) is 0 Å². The molecule has 6 heteroatoms. The molecule has 0 bridgehead atoms. The normalized spacial score (nSPS) is 10.9. The van der Waals surface area contributed by atoms with Gasteiger partial charge in [-0.1, -0.05) is 18.2 Å². The van der Waals surface area contributed by atoms with Crippen LogP contribution in [0, 0.1) is 11.3 Å². The lowest BCUT2D eigenvalue weighted by Crippen LogP contribution is -2.26. The number of sulfonamides is 1. The Hall–Kier alpha value is -2.52. The average molecular weight is 302 g/mol. The van der Waals surface area contributed by atoms with Crippen LogP contribution in [0.3, 0.4) is 0 Å². The van der Waals surface area contributed by atoms with Crippen molar-refractivity contribution in [3.05, 3.63) is 54.1 Å². The molecule has 0 amide bonds. The zero-order valence-corrected chi connectivity index (χ0v) is 12.2. The number of hydrogen-bond acceptors (Lipinski definition) is 4. The molecule has 0 aliphatic heterocycles. The fourth-order valence-electron chi connectivity index (χ4n) is 1.86. The van der Waals surface area contributed by atoms with Crippen molar-refractivity contribution in [2.24, 2.45) is 0 Å². The average Bonchev–Trinajstić information content (AvgIpc) is 2.47. The maximum atomic E-state index is 12.5. The van der Waals surface area contributed by atoms with E-state index in [9.17, 15) is 13.5 Å². The lowest BCUT2D eigenvalue weighted by Gasteiger charge is -2.19. The lowest BCUT2D eigenvalue weighted by atomic mass is 10.2. The second-order valence-corrected chi connectivity index (χ2v) is 6.44. The molecule has 0 atom stereocenters. The lowest BCUT2D eigenvalue weighted by molar-refractivity contribution is 0.475. The van der Waals surface area contributed by atoms with Crippen LogP contribution in [0.4, 0.5) is 5.69 Å². The topological polar surface area (TPSA) is 81.4 Å². The summed E-state index contributed by atoms with van der Waals surface area (Å²) in [7, 11) is -2.28. The van der Waals surface area contributed by atoms with Crippen molar-refractivity contribution in [2.75, 3.05) is 11.4 Å². The van der Waals surface area contributed by atoms with Crippen molar-refractivity contribution in [3.63, 3.8) is 0 Å². The van der Waals surface area contributed by atoms with E-state index in [0.29, 0.717) is 5.69 Å². The quantitative estimate of drug-likeness (QED) is 0.939.